The molecule has 4 aromatic rings. The van der Waals surface area contributed by atoms with Crippen molar-refractivity contribution in [3.63, 3.8) is 0 Å². The van der Waals surface area contributed by atoms with E-state index in [9.17, 15) is 0 Å². The van der Waals surface area contributed by atoms with Gasteiger partial charge in [-0.3, -0.25) is 9.97 Å². The molecular weight excluding hydrogens is 482 g/mol. The second kappa shape index (κ2) is 10.4. The van der Waals surface area contributed by atoms with Gasteiger partial charge < -0.3 is 24.3 Å². The van der Waals surface area contributed by atoms with E-state index < -0.39 is 0 Å². The van der Waals surface area contributed by atoms with Crippen molar-refractivity contribution < 1.29 is 9.47 Å². The fourth-order valence-corrected chi connectivity index (χ4v) is 4.88. The number of hydrogen-bond acceptors (Lipinski definition) is 5. The Morgan fingerprint density at radius 2 is 1.86 bits per heavy atom. The van der Waals surface area contributed by atoms with Gasteiger partial charge in [0.15, 0.2) is 5.11 Å². The number of aromatic nitrogens is 3. The van der Waals surface area contributed by atoms with Gasteiger partial charge in [-0.15, -0.1) is 0 Å². The quantitative estimate of drug-likeness (QED) is 0.263. The molecule has 7 nitrogen and oxygen atoms in total. The molecule has 1 aromatic carbocycles. The molecule has 1 N–H and O–H groups in total. The van der Waals surface area contributed by atoms with Crippen LogP contribution in [-0.2, 0) is 4.74 Å². The van der Waals surface area contributed by atoms with E-state index in [4.69, 9.17) is 33.3 Å². The molecular formula is C26H24ClN5O2S. The van der Waals surface area contributed by atoms with Crippen LogP contribution < -0.4 is 15.0 Å². The molecule has 0 aliphatic carbocycles. The Hall–Kier alpha value is -3.46. The summed E-state index contributed by atoms with van der Waals surface area (Å²) in [5, 5.41) is 4.59. The number of nitrogens with zero attached hydrogens (tertiary/aromatic N) is 4. The van der Waals surface area contributed by atoms with E-state index in [1.54, 1.807) is 25.7 Å². The molecule has 0 spiro atoms. The van der Waals surface area contributed by atoms with E-state index in [0.717, 1.165) is 22.8 Å². The molecule has 1 aliphatic rings. The van der Waals surface area contributed by atoms with Crippen molar-refractivity contribution in [3.05, 3.63) is 102 Å². The van der Waals surface area contributed by atoms with E-state index in [2.05, 4.69) is 30.8 Å². The number of rotatable bonds is 8. The Kier molecular flexibility index (Phi) is 6.94. The summed E-state index contributed by atoms with van der Waals surface area (Å²) in [6.45, 7) is 0.904. The Bertz CT molecular complexity index is 1300. The highest BCUT2D eigenvalue weighted by molar-refractivity contribution is 7.80. The van der Waals surface area contributed by atoms with Gasteiger partial charge in [-0.2, -0.15) is 0 Å². The van der Waals surface area contributed by atoms with E-state index in [-0.39, 0.29) is 12.1 Å². The maximum absolute atomic E-state index is 6.61. The minimum atomic E-state index is -0.183. The minimum Gasteiger partial charge on any atom is -0.490 e. The van der Waals surface area contributed by atoms with Crippen LogP contribution in [0.25, 0.3) is 5.69 Å². The minimum absolute atomic E-state index is 0.171. The number of anilines is 1. The molecule has 0 saturated carbocycles. The lowest BCUT2D eigenvalue weighted by atomic mass is 10.0. The average molecular weight is 506 g/mol. The number of thiocarbonyl (C=S) groups is 1. The van der Waals surface area contributed by atoms with Crippen LogP contribution in [0.5, 0.6) is 5.75 Å². The zero-order valence-electron chi connectivity index (χ0n) is 19.0. The summed E-state index contributed by atoms with van der Waals surface area (Å²) in [4.78, 5) is 10.9. The van der Waals surface area contributed by atoms with Gasteiger partial charge in [0, 0.05) is 49.0 Å². The fraction of sp³-hybridized carbons (Fsp3) is 0.192. The smallest absolute Gasteiger partial charge is 0.174 e. The molecule has 0 bridgehead atoms. The van der Waals surface area contributed by atoms with Gasteiger partial charge >= 0.3 is 0 Å². The molecule has 178 valence electrons. The van der Waals surface area contributed by atoms with Crippen LogP contribution in [0.4, 0.5) is 5.69 Å². The molecule has 0 amide bonds. The predicted molar refractivity (Wildman–Crippen MR) is 140 cm³/mol. The zero-order valence-corrected chi connectivity index (χ0v) is 20.6. The molecule has 4 heterocycles. The summed E-state index contributed by atoms with van der Waals surface area (Å²) in [5.41, 5.74) is 3.82. The van der Waals surface area contributed by atoms with Crippen LogP contribution >= 0.6 is 23.8 Å². The molecule has 1 fully saturated rings. The molecule has 1 aliphatic heterocycles. The van der Waals surface area contributed by atoms with E-state index in [1.165, 1.54) is 0 Å². The van der Waals surface area contributed by atoms with Gasteiger partial charge in [0.2, 0.25) is 0 Å². The number of halogens is 1. The first-order valence-electron chi connectivity index (χ1n) is 11.2. The van der Waals surface area contributed by atoms with Crippen LogP contribution in [-0.4, -0.2) is 40.0 Å². The summed E-state index contributed by atoms with van der Waals surface area (Å²) in [7, 11) is 1.63. The Balaban J connectivity index is 1.58. The van der Waals surface area contributed by atoms with Crippen LogP contribution in [0.15, 0.2) is 85.5 Å². The SMILES string of the molecule is COCCOc1ccc(N2C(=S)N[C@@H](c3ccccn3)[C@H]2c2cccn2-c2ccncc2)cc1Cl. The fourth-order valence-electron chi connectivity index (χ4n) is 4.30. The number of methoxy groups -OCH3 is 1. The Labute approximate surface area is 214 Å². The molecule has 0 radical (unpaired) electrons. The summed E-state index contributed by atoms with van der Waals surface area (Å²) in [6.07, 6.45) is 7.41. The van der Waals surface area contributed by atoms with Gasteiger partial charge in [0.1, 0.15) is 18.4 Å². The van der Waals surface area contributed by atoms with E-state index in [1.807, 2.05) is 60.8 Å². The van der Waals surface area contributed by atoms with Crippen LogP contribution in [0, 0.1) is 0 Å². The highest BCUT2D eigenvalue weighted by Crippen LogP contribution is 2.43. The average Bonchev–Trinajstić information content (AvgIpc) is 3.50. The number of pyridine rings is 2. The third kappa shape index (κ3) is 4.73. The van der Waals surface area contributed by atoms with Gasteiger partial charge in [0.05, 0.1) is 23.4 Å². The topological polar surface area (TPSA) is 64.4 Å². The molecule has 0 unspecified atom stereocenters. The predicted octanol–water partition coefficient (Wildman–Crippen LogP) is 5.12. The summed E-state index contributed by atoms with van der Waals surface area (Å²) >= 11 is 12.5. The van der Waals surface area contributed by atoms with E-state index >= 15 is 0 Å². The number of nitrogens with one attached hydrogen (secondary N) is 1. The molecule has 35 heavy (non-hydrogen) atoms. The molecule has 1 saturated heterocycles. The van der Waals surface area contributed by atoms with E-state index in [0.29, 0.717) is 29.1 Å². The third-order valence-corrected chi connectivity index (χ3v) is 6.47. The highest BCUT2D eigenvalue weighted by Gasteiger charge is 2.42. The second-order valence-corrected chi connectivity index (χ2v) is 8.75. The lowest BCUT2D eigenvalue weighted by molar-refractivity contribution is 0.146. The number of hydrogen-bond donors (Lipinski definition) is 1. The largest absolute Gasteiger partial charge is 0.490 e. The lowest BCUT2D eigenvalue weighted by Gasteiger charge is -2.29. The van der Waals surface area contributed by atoms with Crippen LogP contribution in [0.2, 0.25) is 5.02 Å². The van der Waals surface area contributed by atoms with Crippen molar-refractivity contribution in [2.75, 3.05) is 25.2 Å². The maximum Gasteiger partial charge on any atom is 0.174 e. The van der Waals surface area contributed by atoms with Crippen molar-refractivity contribution in [1.82, 2.24) is 19.9 Å². The van der Waals surface area contributed by atoms with Crippen molar-refractivity contribution in [2.45, 2.75) is 12.1 Å². The Morgan fingerprint density at radius 3 is 2.60 bits per heavy atom. The number of benzene rings is 1. The third-order valence-electron chi connectivity index (χ3n) is 5.86. The first-order valence-corrected chi connectivity index (χ1v) is 12.0. The lowest BCUT2D eigenvalue weighted by Crippen LogP contribution is -2.30. The van der Waals surface area contributed by atoms with Gasteiger partial charge in [-0.1, -0.05) is 17.7 Å². The second-order valence-electron chi connectivity index (χ2n) is 7.96. The molecule has 2 atom stereocenters. The van der Waals surface area contributed by atoms with Crippen molar-refractivity contribution in [2.24, 2.45) is 0 Å². The first kappa shape index (κ1) is 23.3. The summed E-state index contributed by atoms with van der Waals surface area (Å²) in [5.74, 6) is 0.600. The molecule has 3 aromatic heterocycles. The molecule has 5 rings (SSSR count). The van der Waals surface area contributed by atoms with Gasteiger partial charge in [-0.25, -0.2) is 0 Å². The maximum atomic E-state index is 6.61. The Morgan fingerprint density at radius 1 is 1.00 bits per heavy atom. The van der Waals surface area contributed by atoms with Crippen LogP contribution in [0.3, 0.4) is 0 Å². The van der Waals surface area contributed by atoms with Crippen LogP contribution in [0.1, 0.15) is 23.5 Å². The standard InChI is InChI=1S/C26H24ClN5O2S/c1-33-15-16-34-23-8-7-19(17-20(23)27)32-25(24(30-26(32)35)21-5-2-3-11-29-21)22-6-4-14-31(22)18-9-12-28-13-10-18/h2-14,17,24-25H,15-16H2,1H3,(H,30,35)/t24-,25+/m0/s1. The highest BCUT2D eigenvalue weighted by atomic mass is 35.5. The molecule has 9 heteroatoms. The number of ether oxygens (including phenoxy) is 2. The summed E-state index contributed by atoms with van der Waals surface area (Å²) < 4.78 is 13.0. The monoisotopic (exact) mass is 505 g/mol. The van der Waals surface area contributed by atoms with Gasteiger partial charge in [0.25, 0.3) is 0 Å². The summed E-state index contributed by atoms with van der Waals surface area (Å²) in [6, 6.07) is 19.4. The van der Waals surface area contributed by atoms with Crippen molar-refractivity contribution in [1.29, 1.82) is 0 Å². The first-order chi connectivity index (χ1) is 17.2. The van der Waals surface area contributed by atoms with Gasteiger partial charge in [-0.05, 0) is 66.8 Å². The zero-order chi connectivity index (χ0) is 24.2. The van der Waals surface area contributed by atoms with Crippen molar-refractivity contribution >= 4 is 34.6 Å². The normalized spacial score (nSPS) is 17.4. The van der Waals surface area contributed by atoms with Crippen molar-refractivity contribution in [3.8, 4) is 11.4 Å².